The zero-order valence-electron chi connectivity index (χ0n) is 12.0. The zero-order chi connectivity index (χ0) is 12.9. The number of nitrogens with zero attached hydrogens (tertiary/aromatic N) is 1. The SMILES string of the molecule is CCN(CC)CCCC(C)NCCCCCO. The Kier molecular flexibility index (Phi) is 12.3. The topological polar surface area (TPSA) is 35.5 Å². The Hall–Kier alpha value is -0.120. The molecule has 0 aliphatic heterocycles. The van der Waals surface area contributed by atoms with Gasteiger partial charge in [0.2, 0.25) is 0 Å². The van der Waals surface area contributed by atoms with Crippen LogP contribution in [0.4, 0.5) is 0 Å². The number of nitrogens with one attached hydrogen (secondary N) is 1. The number of aliphatic hydroxyl groups excluding tert-OH is 1. The highest BCUT2D eigenvalue weighted by Gasteiger charge is 2.03. The van der Waals surface area contributed by atoms with Gasteiger partial charge >= 0.3 is 0 Å². The first-order valence-electron chi connectivity index (χ1n) is 7.31. The van der Waals surface area contributed by atoms with E-state index in [9.17, 15) is 0 Å². The van der Waals surface area contributed by atoms with E-state index in [4.69, 9.17) is 5.11 Å². The van der Waals surface area contributed by atoms with E-state index in [0.717, 1.165) is 19.4 Å². The Morgan fingerprint density at radius 1 is 1.06 bits per heavy atom. The fraction of sp³-hybridized carbons (Fsp3) is 1.00. The molecule has 0 heterocycles. The van der Waals surface area contributed by atoms with Gasteiger partial charge in [-0.05, 0) is 65.2 Å². The third-order valence-electron chi connectivity index (χ3n) is 3.33. The van der Waals surface area contributed by atoms with E-state index >= 15 is 0 Å². The average Bonchev–Trinajstić information content (AvgIpc) is 2.34. The van der Waals surface area contributed by atoms with Gasteiger partial charge in [0.25, 0.3) is 0 Å². The van der Waals surface area contributed by atoms with Crippen molar-refractivity contribution in [2.24, 2.45) is 0 Å². The molecular formula is C14H32N2O. The predicted molar refractivity (Wildman–Crippen MR) is 75.4 cm³/mol. The largest absolute Gasteiger partial charge is 0.396 e. The summed E-state index contributed by atoms with van der Waals surface area (Å²) >= 11 is 0. The summed E-state index contributed by atoms with van der Waals surface area (Å²) in [5, 5.41) is 12.2. The van der Waals surface area contributed by atoms with Crippen LogP contribution in [0.5, 0.6) is 0 Å². The van der Waals surface area contributed by atoms with Crippen molar-refractivity contribution in [1.82, 2.24) is 10.2 Å². The van der Waals surface area contributed by atoms with Crippen LogP contribution in [-0.4, -0.2) is 48.8 Å². The highest BCUT2D eigenvalue weighted by Crippen LogP contribution is 2.00. The smallest absolute Gasteiger partial charge is 0.0431 e. The number of aliphatic hydroxyl groups is 1. The molecule has 0 aliphatic rings. The van der Waals surface area contributed by atoms with E-state index < -0.39 is 0 Å². The van der Waals surface area contributed by atoms with Crippen molar-refractivity contribution < 1.29 is 5.11 Å². The predicted octanol–water partition coefficient (Wildman–Crippen LogP) is 2.25. The van der Waals surface area contributed by atoms with Crippen molar-refractivity contribution in [3.8, 4) is 0 Å². The Morgan fingerprint density at radius 2 is 1.76 bits per heavy atom. The third kappa shape index (κ3) is 10.7. The molecule has 0 bridgehead atoms. The molecule has 17 heavy (non-hydrogen) atoms. The van der Waals surface area contributed by atoms with Crippen molar-refractivity contribution in [2.45, 2.75) is 58.9 Å². The molecule has 0 saturated heterocycles. The van der Waals surface area contributed by atoms with Gasteiger partial charge in [-0.3, -0.25) is 0 Å². The Balaban J connectivity index is 3.30. The van der Waals surface area contributed by atoms with E-state index in [1.807, 2.05) is 0 Å². The lowest BCUT2D eigenvalue weighted by Crippen LogP contribution is -2.29. The van der Waals surface area contributed by atoms with Gasteiger partial charge in [0, 0.05) is 12.6 Å². The van der Waals surface area contributed by atoms with Crippen LogP contribution >= 0.6 is 0 Å². The molecule has 1 unspecified atom stereocenters. The van der Waals surface area contributed by atoms with Crippen molar-refractivity contribution >= 4 is 0 Å². The van der Waals surface area contributed by atoms with Crippen LogP contribution < -0.4 is 5.32 Å². The fourth-order valence-corrected chi connectivity index (χ4v) is 2.03. The minimum Gasteiger partial charge on any atom is -0.396 e. The van der Waals surface area contributed by atoms with Crippen molar-refractivity contribution in [3.63, 3.8) is 0 Å². The highest BCUT2D eigenvalue weighted by molar-refractivity contribution is 4.62. The summed E-state index contributed by atoms with van der Waals surface area (Å²) in [6.45, 7) is 11.7. The lowest BCUT2D eigenvalue weighted by atomic mass is 10.1. The molecule has 1 atom stereocenters. The zero-order valence-corrected chi connectivity index (χ0v) is 12.0. The van der Waals surface area contributed by atoms with Crippen molar-refractivity contribution in [3.05, 3.63) is 0 Å². The van der Waals surface area contributed by atoms with Gasteiger partial charge in [-0.1, -0.05) is 13.8 Å². The molecule has 0 amide bonds. The molecule has 0 rings (SSSR count). The maximum absolute atomic E-state index is 8.66. The molecule has 0 aliphatic carbocycles. The first-order valence-corrected chi connectivity index (χ1v) is 7.31. The van der Waals surface area contributed by atoms with Gasteiger partial charge in [-0.15, -0.1) is 0 Å². The number of rotatable bonds is 12. The van der Waals surface area contributed by atoms with Crippen molar-refractivity contribution in [2.75, 3.05) is 32.8 Å². The van der Waals surface area contributed by atoms with E-state index in [1.165, 1.54) is 38.9 Å². The Bertz CT molecular complexity index is 149. The molecule has 0 radical (unpaired) electrons. The quantitative estimate of drug-likeness (QED) is 0.517. The molecule has 0 fully saturated rings. The van der Waals surface area contributed by atoms with Gasteiger partial charge in [0.15, 0.2) is 0 Å². The van der Waals surface area contributed by atoms with Gasteiger partial charge in [0.05, 0.1) is 0 Å². The second-order valence-corrected chi connectivity index (χ2v) is 4.81. The van der Waals surface area contributed by atoms with Crippen LogP contribution in [0.25, 0.3) is 0 Å². The molecule has 0 aromatic rings. The third-order valence-corrected chi connectivity index (χ3v) is 3.33. The van der Waals surface area contributed by atoms with E-state index in [-0.39, 0.29) is 0 Å². The number of hydrogen-bond acceptors (Lipinski definition) is 3. The molecule has 3 heteroatoms. The van der Waals surface area contributed by atoms with Crippen LogP contribution in [0, 0.1) is 0 Å². The minimum absolute atomic E-state index is 0.333. The summed E-state index contributed by atoms with van der Waals surface area (Å²) in [5.74, 6) is 0. The summed E-state index contributed by atoms with van der Waals surface area (Å²) in [6, 6.07) is 0.625. The molecule has 0 aromatic carbocycles. The molecule has 0 saturated carbocycles. The summed E-state index contributed by atoms with van der Waals surface area (Å²) in [7, 11) is 0. The fourth-order valence-electron chi connectivity index (χ4n) is 2.03. The second-order valence-electron chi connectivity index (χ2n) is 4.81. The average molecular weight is 244 g/mol. The van der Waals surface area contributed by atoms with E-state index in [0.29, 0.717) is 12.6 Å². The second kappa shape index (κ2) is 12.3. The van der Waals surface area contributed by atoms with Gasteiger partial charge in [-0.25, -0.2) is 0 Å². The summed E-state index contributed by atoms with van der Waals surface area (Å²) in [6.07, 6.45) is 5.80. The van der Waals surface area contributed by atoms with Crippen LogP contribution in [0.1, 0.15) is 52.9 Å². The van der Waals surface area contributed by atoms with Gasteiger partial charge in [-0.2, -0.15) is 0 Å². The Morgan fingerprint density at radius 3 is 2.35 bits per heavy atom. The maximum Gasteiger partial charge on any atom is 0.0431 e. The number of hydrogen-bond donors (Lipinski definition) is 2. The normalized spacial score (nSPS) is 13.2. The lowest BCUT2D eigenvalue weighted by Gasteiger charge is -2.19. The van der Waals surface area contributed by atoms with Crippen LogP contribution in [0.15, 0.2) is 0 Å². The van der Waals surface area contributed by atoms with E-state index in [1.54, 1.807) is 0 Å². The molecule has 0 spiro atoms. The standard InChI is InChI=1S/C14H32N2O/c1-4-16(5-2)12-9-10-14(3)15-11-7-6-8-13-17/h14-15,17H,4-13H2,1-3H3. The highest BCUT2D eigenvalue weighted by atomic mass is 16.2. The monoisotopic (exact) mass is 244 g/mol. The molecule has 104 valence electrons. The number of unbranched alkanes of at least 4 members (excludes halogenated alkanes) is 2. The van der Waals surface area contributed by atoms with Crippen LogP contribution in [0.3, 0.4) is 0 Å². The maximum atomic E-state index is 8.66. The molecular weight excluding hydrogens is 212 g/mol. The first kappa shape index (κ1) is 16.9. The van der Waals surface area contributed by atoms with E-state index in [2.05, 4.69) is 31.0 Å². The summed E-state index contributed by atoms with van der Waals surface area (Å²) in [4.78, 5) is 2.48. The molecule has 2 N–H and O–H groups in total. The first-order chi connectivity index (χ1) is 8.24. The van der Waals surface area contributed by atoms with Crippen molar-refractivity contribution in [1.29, 1.82) is 0 Å². The molecule has 3 nitrogen and oxygen atoms in total. The summed E-state index contributed by atoms with van der Waals surface area (Å²) in [5.41, 5.74) is 0. The van der Waals surface area contributed by atoms with Gasteiger partial charge in [0.1, 0.15) is 0 Å². The van der Waals surface area contributed by atoms with Crippen LogP contribution in [-0.2, 0) is 0 Å². The summed E-state index contributed by atoms with van der Waals surface area (Å²) < 4.78 is 0. The van der Waals surface area contributed by atoms with Gasteiger partial charge < -0.3 is 15.3 Å². The molecule has 0 aromatic heterocycles. The minimum atomic E-state index is 0.333. The lowest BCUT2D eigenvalue weighted by molar-refractivity contribution is 0.281. The Labute approximate surface area is 108 Å². The van der Waals surface area contributed by atoms with Crippen LogP contribution in [0.2, 0.25) is 0 Å².